The van der Waals surface area contributed by atoms with Crippen molar-refractivity contribution in [3.63, 3.8) is 0 Å². The highest BCUT2D eigenvalue weighted by molar-refractivity contribution is 6.30. The van der Waals surface area contributed by atoms with E-state index in [0.29, 0.717) is 22.0 Å². The van der Waals surface area contributed by atoms with E-state index < -0.39 is 0 Å². The van der Waals surface area contributed by atoms with Gasteiger partial charge in [-0.05, 0) is 67.9 Å². The van der Waals surface area contributed by atoms with Gasteiger partial charge < -0.3 is 5.32 Å². The molecule has 0 saturated carbocycles. The summed E-state index contributed by atoms with van der Waals surface area (Å²) in [6, 6.07) is 20.1. The zero-order valence-corrected chi connectivity index (χ0v) is 15.3. The summed E-state index contributed by atoms with van der Waals surface area (Å²) < 4.78 is 0. The highest BCUT2D eigenvalue weighted by Gasteiger charge is 2.09. The van der Waals surface area contributed by atoms with Gasteiger partial charge in [-0.3, -0.25) is 4.79 Å². The lowest BCUT2D eigenvalue weighted by Gasteiger charge is -2.09. The van der Waals surface area contributed by atoms with Crippen LogP contribution < -0.4 is 5.32 Å². The summed E-state index contributed by atoms with van der Waals surface area (Å²) in [7, 11) is 0. The average Bonchev–Trinajstić information content (AvgIpc) is 2.63. The molecule has 26 heavy (non-hydrogen) atoms. The molecule has 0 fully saturated rings. The molecule has 130 valence electrons. The second kappa shape index (κ2) is 7.93. The molecule has 0 heterocycles. The number of azo groups is 1. The number of nitrogens with zero attached hydrogens (tertiary/aromatic N) is 2. The summed E-state index contributed by atoms with van der Waals surface area (Å²) in [6.07, 6.45) is 0. The summed E-state index contributed by atoms with van der Waals surface area (Å²) in [5.41, 5.74) is 4.69. The first-order chi connectivity index (χ1) is 12.5. The lowest BCUT2D eigenvalue weighted by atomic mass is 10.1. The fourth-order valence-corrected chi connectivity index (χ4v) is 2.47. The van der Waals surface area contributed by atoms with E-state index in [0.717, 1.165) is 16.8 Å². The van der Waals surface area contributed by atoms with Crippen LogP contribution in [-0.4, -0.2) is 5.91 Å². The van der Waals surface area contributed by atoms with Crippen LogP contribution in [0.5, 0.6) is 0 Å². The first-order valence-electron chi connectivity index (χ1n) is 8.17. The number of hydrogen-bond acceptors (Lipinski definition) is 3. The van der Waals surface area contributed by atoms with Gasteiger partial charge in [0.2, 0.25) is 0 Å². The maximum Gasteiger partial charge on any atom is 0.255 e. The monoisotopic (exact) mass is 363 g/mol. The first kappa shape index (κ1) is 17.8. The van der Waals surface area contributed by atoms with Crippen molar-refractivity contribution in [2.75, 3.05) is 5.32 Å². The van der Waals surface area contributed by atoms with Gasteiger partial charge in [-0.2, -0.15) is 5.11 Å². The van der Waals surface area contributed by atoms with Gasteiger partial charge >= 0.3 is 0 Å². The number of benzene rings is 3. The van der Waals surface area contributed by atoms with Crippen molar-refractivity contribution >= 4 is 34.6 Å². The lowest BCUT2D eigenvalue weighted by molar-refractivity contribution is 0.102. The lowest BCUT2D eigenvalue weighted by Crippen LogP contribution is -2.11. The van der Waals surface area contributed by atoms with E-state index in [9.17, 15) is 4.79 Å². The van der Waals surface area contributed by atoms with Gasteiger partial charge in [0.25, 0.3) is 5.91 Å². The number of halogens is 1. The number of amides is 1. The van der Waals surface area contributed by atoms with E-state index in [2.05, 4.69) is 15.5 Å². The summed E-state index contributed by atoms with van der Waals surface area (Å²) in [6.45, 7) is 3.99. The van der Waals surface area contributed by atoms with E-state index >= 15 is 0 Å². The third-order valence-corrected chi connectivity index (χ3v) is 4.07. The van der Waals surface area contributed by atoms with Gasteiger partial charge in [0, 0.05) is 10.6 Å². The van der Waals surface area contributed by atoms with Crippen molar-refractivity contribution < 1.29 is 4.79 Å². The molecule has 0 saturated heterocycles. The molecule has 0 radical (unpaired) electrons. The van der Waals surface area contributed by atoms with Crippen molar-refractivity contribution in [3.8, 4) is 0 Å². The Labute approximate surface area is 157 Å². The quantitative estimate of drug-likeness (QED) is 0.520. The Morgan fingerprint density at radius 2 is 1.50 bits per heavy atom. The van der Waals surface area contributed by atoms with Gasteiger partial charge in [0.05, 0.1) is 11.4 Å². The van der Waals surface area contributed by atoms with Crippen molar-refractivity contribution in [1.29, 1.82) is 0 Å². The van der Waals surface area contributed by atoms with Crippen LogP contribution in [0.25, 0.3) is 0 Å². The van der Waals surface area contributed by atoms with Crippen LogP contribution in [0.15, 0.2) is 77.0 Å². The second-order valence-corrected chi connectivity index (χ2v) is 6.45. The topological polar surface area (TPSA) is 53.8 Å². The molecule has 3 rings (SSSR count). The van der Waals surface area contributed by atoms with Crippen molar-refractivity contribution in [2.45, 2.75) is 13.8 Å². The van der Waals surface area contributed by atoms with Crippen LogP contribution in [0.2, 0.25) is 5.02 Å². The van der Waals surface area contributed by atoms with Crippen molar-refractivity contribution in [2.24, 2.45) is 10.2 Å². The van der Waals surface area contributed by atoms with Gasteiger partial charge in [0.1, 0.15) is 5.69 Å². The number of hydrogen-bond donors (Lipinski definition) is 1. The van der Waals surface area contributed by atoms with E-state index in [1.54, 1.807) is 24.3 Å². The molecule has 0 aliphatic rings. The van der Waals surface area contributed by atoms with E-state index in [-0.39, 0.29) is 5.91 Å². The third-order valence-electron chi connectivity index (χ3n) is 3.82. The summed E-state index contributed by atoms with van der Waals surface area (Å²) >= 11 is 5.87. The molecule has 0 aliphatic carbocycles. The molecule has 0 aromatic heterocycles. The van der Waals surface area contributed by atoms with Crippen LogP contribution in [0.3, 0.4) is 0 Å². The number of anilines is 1. The Kier molecular flexibility index (Phi) is 5.44. The second-order valence-electron chi connectivity index (χ2n) is 6.02. The predicted octanol–water partition coefficient (Wildman–Crippen LogP) is 6.62. The molecule has 3 aromatic rings. The van der Waals surface area contributed by atoms with Crippen LogP contribution in [0.4, 0.5) is 17.1 Å². The molecule has 5 heteroatoms. The maximum atomic E-state index is 12.4. The van der Waals surface area contributed by atoms with Gasteiger partial charge in [-0.1, -0.05) is 35.4 Å². The van der Waals surface area contributed by atoms with Crippen LogP contribution in [0, 0.1) is 13.8 Å². The zero-order valence-electron chi connectivity index (χ0n) is 14.5. The minimum Gasteiger partial charge on any atom is -0.320 e. The van der Waals surface area contributed by atoms with Crippen LogP contribution >= 0.6 is 11.6 Å². The Bertz CT molecular complexity index is 948. The average molecular weight is 364 g/mol. The standard InChI is InChI=1S/C21H18ClN3O/c1-14-3-10-18(11-4-14)24-25-20-13-15(2)5-12-19(20)23-21(26)16-6-8-17(22)9-7-16/h3-13H,1-2H3,(H,23,26). The maximum absolute atomic E-state index is 12.4. The highest BCUT2D eigenvalue weighted by atomic mass is 35.5. The predicted molar refractivity (Wildman–Crippen MR) is 106 cm³/mol. The minimum absolute atomic E-state index is 0.225. The minimum atomic E-state index is -0.225. The van der Waals surface area contributed by atoms with Gasteiger partial charge in [-0.25, -0.2) is 0 Å². The summed E-state index contributed by atoms with van der Waals surface area (Å²) in [5, 5.41) is 12.1. The Balaban J connectivity index is 1.84. The highest BCUT2D eigenvalue weighted by Crippen LogP contribution is 2.29. The number of aryl methyl sites for hydroxylation is 2. The number of carbonyl (C=O) groups excluding carboxylic acids is 1. The molecule has 1 N–H and O–H groups in total. The Hall–Kier alpha value is -2.98. The molecule has 0 bridgehead atoms. The SMILES string of the molecule is Cc1ccc(N=Nc2cc(C)ccc2NC(=O)c2ccc(Cl)cc2)cc1. The normalized spacial score (nSPS) is 10.9. The van der Waals surface area contributed by atoms with E-state index in [1.165, 1.54) is 0 Å². The van der Waals surface area contributed by atoms with Crippen LogP contribution in [-0.2, 0) is 0 Å². The largest absolute Gasteiger partial charge is 0.320 e. The molecular weight excluding hydrogens is 346 g/mol. The fraction of sp³-hybridized carbons (Fsp3) is 0.0952. The molecule has 0 aliphatic heterocycles. The van der Waals surface area contributed by atoms with E-state index in [1.807, 2.05) is 56.3 Å². The Morgan fingerprint density at radius 1 is 0.846 bits per heavy atom. The molecule has 3 aromatic carbocycles. The third kappa shape index (κ3) is 4.55. The molecule has 4 nitrogen and oxygen atoms in total. The first-order valence-corrected chi connectivity index (χ1v) is 8.55. The summed E-state index contributed by atoms with van der Waals surface area (Å²) in [5.74, 6) is -0.225. The molecule has 0 unspecified atom stereocenters. The van der Waals surface area contributed by atoms with Crippen molar-refractivity contribution in [3.05, 3.63) is 88.4 Å². The van der Waals surface area contributed by atoms with E-state index in [4.69, 9.17) is 11.6 Å². The summed E-state index contributed by atoms with van der Waals surface area (Å²) in [4.78, 5) is 12.4. The molecule has 1 amide bonds. The van der Waals surface area contributed by atoms with Gasteiger partial charge in [-0.15, -0.1) is 5.11 Å². The van der Waals surface area contributed by atoms with Gasteiger partial charge in [0.15, 0.2) is 0 Å². The number of nitrogens with one attached hydrogen (secondary N) is 1. The molecule has 0 spiro atoms. The number of rotatable bonds is 4. The Morgan fingerprint density at radius 3 is 2.19 bits per heavy atom. The fourth-order valence-electron chi connectivity index (χ4n) is 2.35. The zero-order chi connectivity index (χ0) is 18.5. The van der Waals surface area contributed by atoms with Crippen LogP contribution in [0.1, 0.15) is 21.5 Å². The number of carbonyl (C=O) groups is 1. The molecule has 0 atom stereocenters. The van der Waals surface area contributed by atoms with Crippen molar-refractivity contribution in [1.82, 2.24) is 0 Å². The molecular formula is C21H18ClN3O. The smallest absolute Gasteiger partial charge is 0.255 e.